The van der Waals surface area contributed by atoms with Gasteiger partial charge in [0.25, 0.3) is 0 Å². The first-order valence-electron chi connectivity index (χ1n) is 6.64. The van der Waals surface area contributed by atoms with Crippen LogP contribution in [0.5, 0.6) is 0 Å². The minimum absolute atomic E-state index is 0.117. The van der Waals surface area contributed by atoms with Gasteiger partial charge in [-0.05, 0) is 44.0 Å². The fourth-order valence-electron chi connectivity index (χ4n) is 2.28. The fourth-order valence-corrected chi connectivity index (χ4v) is 2.28. The van der Waals surface area contributed by atoms with Gasteiger partial charge in [0.1, 0.15) is 5.82 Å². The Kier molecular flexibility index (Phi) is 4.33. The van der Waals surface area contributed by atoms with Crippen molar-refractivity contribution in [3.8, 4) is 0 Å². The van der Waals surface area contributed by atoms with Crippen LogP contribution >= 0.6 is 0 Å². The Morgan fingerprint density at radius 3 is 2.05 bits per heavy atom. The number of nitrogens with one attached hydrogen (secondary N) is 1. The molecule has 0 saturated heterocycles. The molecule has 0 bridgehead atoms. The molecule has 0 amide bonds. The zero-order chi connectivity index (χ0) is 13.8. The third-order valence-electron chi connectivity index (χ3n) is 3.39. The molecule has 0 aliphatic carbocycles. The summed E-state index contributed by atoms with van der Waals surface area (Å²) in [5, 5.41) is 3.50. The van der Waals surface area contributed by atoms with Crippen LogP contribution in [0.2, 0.25) is 0 Å². The van der Waals surface area contributed by atoms with E-state index in [9.17, 15) is 4.39 Å². The van der Waals surface area contributed by atoms with Crippen LogP contribution in [0.25, 0.3) is 0 Å². The SMILES string of the molecule is Cc1cccc(C(C)NC(C)c2cccc(F)c2)c1. The van der Waals surface area contributed by atoms with Crippen molar-refractivity contribution < 1.29 is 4.39 Å². The van der Waals surface area contributed by atoms with Crippen LogP contribution in [0.15, 0.2) is 48.5 Å². The van der Waals surface area contributed by atoms with E-state index in [2.05, 4.69) is 50.4 Å². The van der Waals surface area contributed by atoms with Gasteiger partial charge < -0.3 is 5.32 Å². The summed E-state index contributed by atoms with van der Waals surface area (Å²) in [5.41, 5.74) is 3.48. The van der Waals surface area contributed by atoms with Crippen LogP contribution in [0, 0.1) is 12.7 Å². The van der Waals surface area contributed by atoms with E-state index in [1.165, 1.54) is 17.2 Å². The normalized spacial score (nSPS) is 14.1. The highest BCUT2D eigenvalue weighted by molar-refractivity contribution is 5.26. The fraction of sp³-hybridized carbons (Fsp3) is 0.294. The molecule has 0 heterocycles. The lowest BCUT2D eigenvalue weighted by atomic mass is 10.0. The maximum absolute atomic E-state index is 13.2. The van der Waals surface area contributed by atoms with Crippen molar-refractivity contribution >= 4 is 0 Å². The van der Waals surface area contributed by atoms with E-state index < -0.39 is 0 Å². The number of aryl methyl sites for hydroxylation is 1. The summed E-state index contributed by atoms with van der Waals surface area (Å²) in [6.45, 7) is 6.28. The lowest BCUT2D eigenvalue weighted by Gasteiger charge is -2.21. The van der Waals surface area contributed by atoms with E-state index in [4.69, 9.17) is 0 Å². The van der Waals surface area contributed by atoms with Gasteiger partial charge in [0.2, 0.25) is 0 Å². The van der Waals surface area contributed by atoms with Gasteiger partial charge in [0, 0.05) is 12.1 Å². The van der Waals surface area contributed by atoms with E-state index in [1.54, 1.807) is 12.1 Å². The maximum Gasteiger partial charge on any atom is 0.123 e. The van der Waals surface area contributed by atoms with E-state index in [1.807, 2.05) is 6.07 Å². The molecule has 1 N–H and O–H groups in total. The van der Waals surface area contributed by atoms with Crippen LogP contribution < -0.4 is 5.32 Å². The van der Waals surface area contributed by atoms with E-state index in [0.29, 0.717) is 0 Å². The largest absolute Gasteiger partial charge is 0.304 e. The zero-order valence-corrected chi connectivity index (χ0v) is 11.7. The van der Waals surface area contributed by atoms with Gasteiger partial charge in [-0.3, -0.25) is 0 Å². The van der Waals surface area contributed by atoms with Crippen LogP contribution in [0.1, 0.15) is 42.6 Å². The molecule has 2 unspecified atom stereocenters. The van der Waals surface area contributed by atoms with Gasteiger partial charge in [-0.1, -0.05) is 42.0 Å². The van der Waals surface area contributed by atoms with Crippen LogP contribution in [-0.2, 0) is 0 Å². The molecule has 100 valence electrons. The molecule has 0 fully saturated rings. The third kappa shape index (κ3) is 3.65. The Morgan fingerprint density at radius 2 is 1.47 bits per heavy atom. The lowest BCUT2D eigenvalue weighted by Crippen LogP contribution is -2.22. The van der Waals surface area contributed by atoms with Crippen molar-refractivity contribution in [1.29, 1.82) is 0 Å². The molecule has 1 nitrogen and oxygen atoms in total. The number of benzene rings is 2. The molecular formula is C17H20FN. The van der Waals surface area contributed by atoms with Crippen molar-refractivity contribution in [2.45, 2.75) is 32.9 Å². The van der Waals surface area contributed by atoms with Gasteiger partial charge >= 0.3 is 0 Å². The second kappa shape index (κ2) is 5.98. The van der Waals surface area contributed by atoms with Crippen molar-refractivity contribution in [2.75, 3.05) is 0 Å². The molecule has 2 heteroatoms. The minimum atomic E-state index is -0.186. The number of hydrogen-bond acceptors (Lipinski definition) is 1. The van der Waals surface area contributed by atoms with E-state index >= 15 is 0 Å². The summed E-state index contributed by atoms with van der Waals surface area (Å²) in [4.78, 5) is 0. The summed E-state index contributed by atoms with van der Waals surface area (Å²) in [6.07, 6.45) is 0. The first kappa shape index (κ1) is 13.8. The molecule has 2 aromatic rings. The standard InChI is InChI=1S/C17H20FN/c1-12-6-4-7-15(10-12)13(2)19-14(3)16-8-5-9-17(18)11-16/h4-11,13-14,19H,1-3H3. The van der Waals surface area contributed by atoms with Crippen LogP contribution in [-0.4, -0.2) is 0 Å². The molecule has 19 heavy (non-hydrogen) atoms. The Bertz CT molecular complexity index is 501. The van der Waals surface area contributed by atoms with Gasteiger partial charge in [0.05, 0.1) is 0 Å². The molecule has 0 radical (unpaired) electrons. The smallest absolute Gasteiger partial charge is 0.123 e. The Morgan fingerprint density at radius 1 is 0.895 bits per heavy atom. The Hall–Kier alpha value is -1.67. The molecule has 0 spiro atoms. The second-order valence-corrected chi connectivity index (χ2v) is 5.08. The number of hydrogen-bond donors (Lipinski definition) is 1. The Balaban J connectivity index is 2.08. The number of halogens is 1. The van der Waals surface area contributed by atoms with E-state index in [0.717, 1.165) is 5.56 Å². The predicted octanol–water partition coefficient (Wildman–Crippen LogP) is 4.55. The van der Waals surface area contributed by atoms with Crippen LogP contribution in [0.4, 0.5) is 4.39 Å². The van der Waals surface area contributed by atoms with Crippen molar-refractivity contribution in [2.24, 2.45) is 0 Å². The molecule has 2 rings (SSSR count). The van der Waals surface area contributed by atoms with Crippen molar-refractivity contribution in [3.63, 3.8) is 0 Å². The van der Waals surface area contributed by atoms with Gasteiger partial charge in [-0.15, -0.1) is 0 Å². The van der Waals surface area contributed by atoms with Gasteiger partial charge in [0.15, 0.2) is 0 Å². The summed E-state index contributed by atoms with van der Waals surface area (Å²) in [5.74, 6) is -0.186. The maximum atomic E-state index is 13.2. The molecule has 2 atom stereocenters. The molecule has 0 saturated carbocycles. The highest BCUT2D eigenvalue weighted by Gasteiger charge is 2.11. The average molecular weight is 257 g/mol. The van der Waals surface area contributed by atoms with Crippen molar-refractivity contribution in [1.82, 2.24) is 5.32 Å². The predicted molar refractivity (Wildman–Crippen MR) is 77.5 cm³/mol. The minimum Gasteiger partial charge on any atom is -0.304 e. The van der Waals surface area contributed by atoms with Crippen molar-refractivity contribution in [3.05, 3.63) is 71.0 Å². The highest BCUT2D eigenvalue weighted by Crippen LogP contribution is 2.20. The average Bonchev–Trinajstić information content (AvgIpc) is 2.38. The summed E-state index contributed by atoms with van der Waals surface area (Å²) in [7, 11) is 0. The first-order valence-corrected chi connectivity index (χ1v) is 6.64. The topological polar surface area (TPSA) is 12.0 Å². The lowest BCUT2D eigenvalue weighted by molar-refractivity contribution is 0.492. The first-order chi connectivity index (χ1) is 9.06. The molecular weight excluding hydrogens is 237 g/mol. The molecule has 0 aliphatic rings. The quantitative estimate of drug-likeness (QED) is 0.847. The second-order valence-electron chi connectivity index (χ2n) is 5.08. The zero-order valence-electron chi connectivity index (χ0n) is 11.7. The molecule has 2 aromatic carbocycles. The summed E-state index contributed by atoms with van der Waals surface area (Å²) < 4.78 is 13.2. The summed E-state index contributed by atoms with van der Waals surface area (Å²) >= 11 is 0. The molecule has 0 aliphatic heterocycles. The van der Waals surface area contributed by atoms with Gasteiger partial charge in [-0.2, -0.15) is 0 Å². The monoisotopic (exact) mass is 257 g/mol. The Labute approximate surface area is 114 Å². The third-order valence-corrected chi connectivity index (χ3v) is 3.39. The summed E-state index contributed by atoms with van der Waals surface area (Å²) in [6, 6.07) is 15.6. The number of rotatable bonds is 4. The van der Waals surface area contributed by atoms with Crippen LogP contribution in [0.3, 0.4) is 0 Å². The highest BCUT2D eigenvalue weighted by atomic mass is 19.1. The van der Waals surface area contributed by atoms with Gasteiger partial charge in [-0.25, -0.2) is 4.39 Å². The molecule has 0 aromatic heterocycles. The van der Waals surface area contributed by atoms with E-state index in [-0.39, 0.29) is 17.9 Å².